The first-order chi connectivity index (χ1) is 19.2. The number of hydrogen-bond donors (Lipinski definition) is 1. The Hall–Kier alpha value is -3.38. The van der Waals surface area contributed by atoms with E-state index in [0.29, 0.717) is 17.9 Å². The standard InChI is InChI=1S/C35H46N2O4/c1-23-9-11-26(12-10-23)17-22-40-28-15-13-27(14-16-28)29-24(2)36-25(3)30(32(33(38)39)41-34(4,5)6)31(29)37-20-18-35(7,8)19-21-37/h9-16,32H,17-22H2,1-8H3,(H,38,39). The van der Waals surface area contributed by atoms with Crippen LogP contribution in [0.5, 0.6) is 5.75 Å². The summed E-state index contributed by atoms with van der Waals surface area (Å²) in [7, 11) is 0. The van der Waals surface area contributed by atoms with Gasteiger partial charge in [0.1, 0.15) is 5.75 Å². The van der Waals surface area contributed by atoms with Crippen LogP contribution in [0.3, 0.4) is 0 Å². The molecule has 0 saturated carbocycles. The maximum Gasteiger partial charge on any atom is 0.337 e. The fraction of sp³-hybridized carbons (Fsp3) is 0.486. The number of aryl methyl sites for hydroxylation is 3. The number of ether oxygens (including phenoxy) is 2. The monoisotopic (exact) mass is 558 g/mol. The Labute approximate surface area is 245 Å². The second-order valence-corrected chi connectivity index (χ2v) is 13.1. The molecule has 1 fully saturated rings. The Morgan fingerprint density at radius 1 is 0.976 bits per heavy atom. The number of carbonyl (C=O) groups is 1. The van der Waals surface area contributed by atoms with Gasteiger partial charge < -0.3 is 19.5 Å². The van der Waals surface area contributed by atoms with Crippen LogP contribution >= 0.6 is 0 Å². The minimum Gasteiger partial charge on any atom is -0.493 e. The molecule has 1 aromatic heterocycles. The molecule has 1 aliphatic heterocycles. The molecule has 41 heavy (non-hydrogen) atoms. The number of rotatable bonds is 9. The van der Waals surface area contributed by atoms with Gasteiger partial charge in [-0.05, 0) is 83.1 Å². The summed E-state index contributed by atoms with van der Waals surface area (Å²) in [6.45, 7) is 18.6. The molecule has 1 aliphatic rings. The van der Waals surface area contributed by atoms with Crippen molar-refractivity contribution in [2.24, 2.45) is 5.41 Å². The van der Waals surface area contributed by atoms with Gasteiger partial charge in [0.15, 0.2) is 6.10 Å². The van der Waals surface area contributed by atoms with Crippen molar-refractivity contribution in [1.29, 1.82) is 0 Å². The summed E-state index contributed by atoms with van der Waals surface area (Å²) in [5, 5.41) is 10.4. The van der Waals surface area contributed by atoms with Crippen LogP contribution in [-0.4, -0.2) is 41.4 Å². The molecule has 0 amide bonds. The van der Waals surface area contributed by atoms with E-state index in [1.807, 2.05) is 46.8 Å². The minimum absolute atomic E-state index is 0.250. The summed E-state index contributed by atoms with van der Waals surface area (Å²) in [6, 6.07) is 16.6. The summed E-state index contributed by atoms with van der Waals surface area (Å²) in [5.41, 5.74) is 7.20. The molecule has 0 bridgehead atoms. The van der Waals surface area contributed by atoms with E-state index < -0.39 is 17.7 Å². The van der Waals surface area contributed by atoms with Crippen LogP contribution in [0.2, 0.25) is 0 Å². The van der Waals surface area contributed by atoms with Gasteiger partial charge in [-0.1, -0.05) is 55.8 Å². The van der Waals surface area contributed by atoms with Gasteiger partial charge >= 0.3 is 5.97 Å². The topological polar surface area (TPSA) is 71.9 Å². The van der Waals surface area contributed by atoms with Crippen LogP contribution in [0.25, 0.3) is 11.1 Å². The third kappa shape index (κ3) is 7.68. The number of aromatic nitrogens is 1. The fourth-order valence-corrected chi connectivity index (χ4v) is 5.51. The Balaban J connectivity index is 1.71. The Morgan fingerprint density at radius 2 is 1.59 bits per heavy atom. The van der Waals surface area contributed by atoms with Crippen LogP contribution in [-0.2, 0) is 16.0 Å². The van der Waals surface area contributed by atoms with E-state index in [4.69, 9.17) is 14.5 Å². The van der Waals surface area contributed by atoms with Gasteiger partial charge in [-0.2, -0.15) is 0 Å². The molecule has 220 valence electrons. The molecule has 0 aliphatic carbocycles. The predicted octanol–water partition coefficient (Wildman–Crippen LogP) is 7.86. The second kappa shape index (κ2) is 12.2. The second-order valence-electron chi connectivity index (χ2n) is 13.1. The zero-order valence-corrected chi connectivity index (χ0v) is 26.0. The Bertz CT molecular complexity index is 1340. The lowest BCUT2D eigenvalue weighted by atomic mass is 9.82. The third-order valence-corrected chi connectivity index (χ3v) is 7.89. The molecule has 3 aromatic rings. The molecule has 6 heteroatoms. The van der Waals surface area contributed by atoms with E-state index in [2.05, 4.69) is 62.1 Å². The van der Waals surface area contributed by atoms with E-state index >= 15 is 0 Å². The van der Waals surface area contributed by atoms with Crippen molar-refractivity contribution in [2.45, 2.75) is 86.4 Å². The summed E-state index contributed by atoms with van der Waals surface area (Å²) < 4.78 is 12.3. The van der Waals surface area contributed by atoms with E-state index in [9.17, 15) is 9.90 Å². The number of piperidine rings is 1. The highest BCUT2D eigenvalue weighted by Gasteiger charge is 2.36. The lowest BCUT2D eigenvalue weighted by molar-refractivity contribution is -0.160. The van der Waals surface area contributed by atoms with Crippen molar-refractivity contribution in [3.8, 4) is 16.9 Å². The number of benzene rings is 2. The molecule has 2 heterocycles. The van der Waals surface area contributed by atoms with Gasteiger partial charge in [-0.3, -0.25) is 4.98 Å². The molecule has 0 spiro atoms. The summed E-state index contributed by atoms with van der Waals surface area (Å²) in [6.07, 6.45) is 1.76. The Morgan fingerprint density at radius 3 is 2.15 bits per heavy atom. The average Bonchev–Trinajstić information content (AvgIpc) is 2.88. The van der Waals surface area contributed by atoms with E-state index in [1.165, 1.54) is 11.1 Å². The lowest BCUT2D eigenvalue weighted by Crippen LogP contribution is -2.39. The maximum absolute atomic E-state index is 12.7. The fourth-order valence-electron chi connectivity index (χ4n) is 5.51. The molecule has 6 nitrogen and oxygen atoms in total. The largest absolute Gasteiger partial charge is 0.493 e. The molecule has 1 atom stereocenters. The number of hydrogen-bond acceptors (Lipinski definition) is 5. The predicted molar refractivity (Wildman–Crippen MR) is 166 cm³/mol. The smallest absolute Gasteiger partial charge is 0.337 e. The molecule has 1 saturated heterocycles. The number of aliphatic carboxylic acids is 1. The zero-order valence-electron chi connectivity index (χ0n) is 26.0. The number of anilines is 1. The van der Waals surface area contributed by atoms with Gasteiger partial charge in [-0.15, -0.1) is 0 Å². The summed E-state index contributed by atoms with van der Waals surface area (Å²) in [5.74, 6) is -0.199. The Kier molecular flexibility index (Phi) is 9.13. The SMILES string of the molecule is Cc1ccc(CCOc2ccc(-c3c(C)nc(C)c(C(OC(C)(C)C)C(=O)O)c3N3CCC(C)(C)CC3)cc2)cc1. The molecule has 1 N–H and O–H groups in total. The number of nitrogens with zero attached hydrogens (tertiary/aromatic N) is 2. The summed E-state index contributed by atoms with van der Waals surface area (Å²) in [4.78, 5) is 19.9. The highest BCUT2D eigenvalue weighted by Crippen LogP contribution is 2.45. The minimum atomic E-state index is -1.13. The molecule has 1 unspecified atom stereocenters. The van der Waals surface area contributed by atoms with Crippen LogP contribution in [0.1, 0.15) is 81.6 Å². The molecule has 0 radical (unpaired) electrons. The van der Waals surface area contributed by atoms with Crippen LogP contribution in [0, 0.1) is 26.2 Å². The van der Waals surface area contributed by atoms with Crippen molar-refractivity contribution in [1.82, 2.24) is 4.98 Å². The molecular weight excluding hydrogens is 512 g/mol. The number of carboxylic acid groups (broad SMARTS) is 1. The molecule has 4 rings (SSSR count). The average molecular weight is 559 g/mol. The number of pyridine rings is 1. The highest BCUT2D eigenvalue weighted by atomic mass is 16.5. The van der Waals surface area contributed by atoms with Crippen molar-refractivity contribution >= 4 is 11.7 Å². The first-order valence-electron chi connectivity index (χ1n) is 14.7. The molecular formula is C35H46N2O4. The summed E-state index contributed by atoms with van der Waals surface area (Å²) >= 11 is 0. The van der Waals surface area contributed by atoms with Gasteiger partial charge in [0.2, 0.25) is 0 Å². The van der Waals surface area contributed by atoms with Crippen molar-refractivity contribution in [3.05, 3.63) is 76.6 Å². The number of carboxylic acids is 1. The van der Waals surface area contributed by atoms with Gasteiger partial charge in [0, 0.05) is 42.0 Å². The van der Waals surface area contributed by atoms with E-state index in [0.717, 1.165) is 60.6 Å². The third-order valence-electron chi connectivity index (χ3n) is 7.89. The van der Waals surface area contributed by atoms with Crippen LogP contribution in [0.4, 0.5) is 5.69 Å². The lowest BCUT2D eigenvalue weighted by Gasteiger charge is -2.41. The van der Waals surface area contributed by atoms with E-state index in [-0.39, 0.29) is 5.41 Å². The van der Waals surface area contributed by atoms with Crippen LogP contribution in [0.15, 0.2) is 48.5 Å². The van der Waals surface area contributed by atoms with Crippen molar-refractivity contribution in [3.63, 3.8) is 0 Å². The first kappa shape index (κ1) is 30.6. The van der Waals surface area contributed by atoms with Gasteiger partial charge in [-0.25, -0.2) is 4.79 Å². The van der Waals surface area contributed by atoms with Crippen LogP contribution < -0.4 is 9.64 Å². The quantitative estimate of drug-likeness (QED) is 0.288. The first-order valence-corrected chi connectivity index (χ1v) is 14.7. The normalized spacial score (nSPS) is 16.0. The van der Waals surface area contributed by atoms with Gasteiger partial charge in [0.25, 0.3) is 0 Å². The molecule has 2 aromatic carbocycles. The van der Waals surface area contributed by atoms with Crippen molar-refractivity contribution < 1.29 is 19.4 Å². The zero-order chi connectivity index (χ0) is 29.9. The van der Waals surface area contributed by atoms with Gasteiger partial charge in [0.05, 0.1) is 17.9 Å². The maximum atomic E-state index is 12.7. The highest BCUT2D eigenvalue weighted by molar-refractivity contribution is 5.88. The van der Waals surface area contributed by atoms with E-state index in [1.54, 1.807) is 0 Å². The van der Waals surface area contributed by atoms with Crippen molar-refractivity contribution in [2.75, 3.05) is 24.6 Å².